The standard InChI is InChI=1S/C21H21NO3/c1-16-9-11-18(12-10-16)22(15-19-7-5-13-25-19)21(23)14-17-6-3-4-8-20(17)24-2/h3-13H,14-15H2,1-2H3. The van der Waals surface area contributed by atoms with E-state index in [1.54, 1.807) is 18.3 Å². The van der Waals surface area contributed by atoms with E-state index in [0.717, 1.165) is 28.3 Å². The molecule has 0 saturated carbocycles. The van der Waals surface area contributed by atoms with Gasteiger partial charge in [-0.2, -0.15) is 0 Å². The number of hydrogen-bond acceptors (Lipinski definition) is 3. The molecular weight excluding hydrogens is 314 g/mol. The van der Waals surface area contributed by atoms with Gasteiger partial charge in [0.05, 0.1) is 26.3 Å². The molecule has 3 rings (SSSR count). The van der Waals surface area contributed by atoms with Crippen LogP contribution in [0, 0.1) is 6.92 Å². The molecule has 0 radical (unpaired) electrons. The van der Waals surface area contributed by atoms with Crippen LogP contribution in [0.5, 0.6) is 5.75 Å². The molecule has 128 valence electrons. The molecule has 0 bridgehead atoms. The Labute approximate surface area is 147 Å². The fourth-order valence-corrected chi connectivity index (χ4v) is 2.71. The van der Waals surface area contributed by atoms with Crippen LogP contribution in [-0.4, -0.2) is 13.0 Å². The maximum Gasteiger partial charge on any atom is 0.231 e. The Hall–Kier alpha value is -3.01. The second-order valence-corrected chi connectivity index (χ2v) is 5.88. The van der Waals surface area contributed by atoms with Gasteiger partial charge in [-0.3, -0.25) is 4.79 Å². The van der Waals surface area contributed by atoms with Crippen molar-refractivity contribution in [3.05, 3.63) is 83.8 Å². The zero-order valence-electron chi connectivity index (χ0n) is 14.4. The number of carbonyl (C=O) groups excluding carboxylic acids is 1. The number of rotatable bonds is 6. The first-order chi connectivity index (χ1) is 12.2. The second kappa shape index (κ2) is 7.71. The molecule has 0 saturated heterocycles. The third kappa shape index (κ3) is 4.10. The highest BCUT2D eigenvalue weighted by Gasteiger charge is 2.19. The van der Waals surface area contributed by atoms with E-state index in [2.05, 4.69) is 0 Å². The molecule has 2 aromatic carbocycles. The first kappa shape index (κ1) is 16.8. The zero-order chi connectivity index (χ0) is 17.6. The topological polar surface area (TPSA) is 42.7 Å². The van der Waals surface area contributed by atoms with Gasteiger partial charge in [-0.15, -0.1) is 0 Å². The fourth-order valence-electron chi connectivity index (χ4n) is 2.71. The maximum absolute atomic E-state index is 13.0. The van der Waals surface area contributed by atoms with Crippen LogP contribution >= 0.6 is 0 Å². The van der Waals surface area contributed by atoms with E-state index < -0.39 is 0 Å². The number of benzene rings is 2. The van der Waals surface area contributed by atoms with Crippen LogP contribution in [0.25, 0.3) is 0 Å². The molecule has 4 nitrogen and oxygen atoms in total. The lowest BCUT2D eigenvalue weighted by atomic mass is 10.1. The number of amides is 1. The van der Waals surface area contributed by atoms with E-state index in [1.165, 1.54) is 0 Å². The summed E-state index contributed by atoms with van der Waals surface area (Å²) in [5, 5.41) is 0. The summed E-state index contributed by atoms with van der Waals surface area (Å²) in [5.74, 6) is 1.46. The van der Waals surface area contributed by atoms with Crippen molar-refractivity contribution in [2.45, 2.75) is 19.9 Å². The third-order valence-electron chi connectivity index (χ3n) is 4.07. The minimum atomic E-state index is -0.00949. The number of aryl methyl sites for hydroxylation is 1. The maximum atomic E-state index is 13.0. The van der Waals surface area contributed by atoms with Crippen LogP contribution in [0.2, 0.25) is 0 Å². The van der Waals surface area contributed by atoms with Crippen LogP contribution < -0.4 is 9.64 Å². The Morgan fingerprint density at radius 1 is 1.04 bits per heavy atom. The van der Waals surface area contributed by atoms with E-state index in [-0.39, 0.29) is 12.3 Å². The number of nitrogens with zero attached hydrogens (tertiary/aromatic N) is 1. The highest BCUT2D eigenvalue weighted by atomic mass is 16.5. The quantitative estimate of drug-likeness (QED) is 0.672. The van der Waals surface area contributed by atoms with E-state index >= 15 is 0 Å². The predicted molar refractivity (Wildman–Crippen MR) is 97.8 cm³/mol. The summed E-state index contributed by atoms with van der Waals surface area (Å²) in [6.07, 6.45) is 1.88. The first-order valence-corrected chi connectivity index (χ1v) is 8.18. The lowest BCUT2D eigenvalue weighted by Gasteiger charge is -2.22. The summed E-state index contributed by atoms with van der Waals surface area (Å²) in [7, 11) is 1.61. The van der Waals surface area contributed by atoms with Gasteiger partial charge < -0.3 is 14.1 Å². The molecule has 1 heterocycles. The molecule has 1 aromatic heterocycles. The predicted octanol–water partition coefficient (Wildman–Crippen LogP) is 4.37. The van der Waals surface area contributed by atoms with Crippen molar-refractivity contribution in [2.75, 3.05) is 12.0 Å². The lowest BCUT2D eigenvalue weighted by molar-refractivity contribution is -0.118. The number of hydrogen-bond donors (Lipinski definition) is 0. The first-order valence-electron chi connectivity index (χ1n) is 8.18. The fraction of sp³-hybridized carbons (Fsp3) is 0.190. The van der Waals surface area contributed by atoms with Crippen LogP contribution in [0.15, 0.2) is 71.3 Å². The summed E-state index contributed by atoms with van der Waals surface area (Å²) in [4.78, 5) is 14.8. The third-order valence-corrected chi connectivity index (χ3v) is 4.07. The minimum absolute atomic E-state index is 0.00949. The molecule has 0 atom stereocenters. The molecule has 0 N–H and O–H groups in total. The van der Waals surface area contributed by atoms with Gasteiger partial charge >= 0.3 is 0 Å². The lowest BCUT2D eigenvalue weighted by Crippen LogP contribution is -2.31. The average Bonchev–Trinajstić information content (AvgIpc) is 3.14. The van der Waals surface area contributed by atoms with Gasteiger partial charge in [-0.25, -0.2) is 0 Å². The highest BCUT2D eigenvalue weighted by Crippen LogP contribution is 2.23. The normalized spacial score (nSPS) is 10.5. The van der Waals surface area contributed by atoms with E-state index in [9.17, 15) is 4.79 Å². The highest BCUT2D eigenvalue weighted by molar-refractivity contribution is 5.95. The molecule has 0 unspecified atom stereocenters. The van der Waals surface area contributed by atoms with Crippen LogP contribution in [0.3, 0.4) is 0 Å². The molecule has 0 fully saturated rings. The van der Waals surface area contributed by atoms with Crippen molar-refractivity contribution in [3.8, 4) is 5.75 Å². The van der Waals surface area contributed by atoms with Gasteiger partial charge in [0, 0.05) is 11.3 Å². The summed E-state index contributed by atoms with van der Waals surface area (Å²) in [6, 6.07) is 19.2. The summed E-state index contributed by atoms with van der Waals surface area (Å²) < 4.78 is 10.8. The van der Waals surface area contributed by atoms with E-state index in [4.69, 9.17) is 9.15 Å². The molecule has 4 heteroatoms. The molecule has 1 amide bonds. The molecule has 3 aromatic rings. The van der Waals surface area contributed by atoms with Gasteiger partial charge in [0.1, 0.15) is 11.5 Å². The van der Waals surface area contributed by atoms with Crippen LogP contribution in [0.1, 0.15) is 16.9 Å². The van der Waals surface area contributed by atoms with Crippen LogP contribution in [0.4, 0.5) is 5.69 Å². The van der Waals surface area contributed by atoms with Gasteiger partial charge in [0.15, 0.2) is 0 Å². The average molecular weight is 335 g/mol. The number of para-hydroxylation sites is 1. The Balaban J connectivity index is 1.87. The Bertz CT molecular complexity index is 823. The second-order valence-electron chi connectivity index (χ2n) is 5.88. The molecular formula is C21H21NO3. The Morgan fingerprint density at radius 3 is 2.48 bits per heavy atom. The Morgan fingerprint density at radius 2 is 1.80 bits per heavy atom. The zero-order valence-corrected chi connectivity index (χ0v) is 14.4. The van der Waals surface area contributed by atoms with Gasteiger partial charge in [-0.05, 0) is 37.3 Å². The smallest absolute Gasteiger partial charge is 0.231 e. The van der Waals surface area contributed by atoms with Crippen molar-refractivity contribution in [3.63, 3.8) is 0 Å². The molecule has 25 heavy (non-hydrogen) atoms. The van der Waals surface area contributed by atoms with Crippen LogP contribution in [-0.2, 0) is 17.8 Å². The molecule has 0 aliphatic rings. The Kier molecular flexibility index (Phi) is 5.19. The van der Waals surface area contributed by atoms with Gasteiger partial charge in [0.2, 0.25) is 5.91 Å². The van der Waals surface area contributed by atoms with E-state index in [0.29, 0.717) is 6.54 Å². The summed E-state index contributed by atoms with van der Waals surface area (Å²) in [6.45, 7) is 2.42. The van der Waals surface area contributed by atoms with Crippen molar-refractivity contribution >= 4 is 11.6 Å². The van der Waals surface area contributed by atoms with Crippen molar-refractivity contribution in [1.82, 2.24) is 0 Å². The molecule has 0 spiro atoms. The van der Waals surface area contributed by atoms with Gasteiger partial charge in [0.25, 0.3) is 0 Å². The largest absolute Gasteiger partial charge is 0.496 e. The van der Waals surface area contributed by atoms with Crippen molar-refractivity contribution in [2.24, 2.45) is 0 Å². The summed E-state index contributed by atoms with van der Waals surface area (Å²) >= 11 is 0. The van der Waals surface area contributed by atoms with Crippen molar-refractivity contribution in [1.29, 1.82) is 0 Å². The minimum Gasteiger partial charge on any atom is -0.496 e. The monoisotopic (exact) mass is 335 g/mol. The number of methoxy groups -OCH3 is 1. The SMILES string of the molecule is COc1ccccc1CC(=O)N(Cc1ccco1)c1ccc(C)cc1. The number of anilines is 1. The molecule has 0 aliphatic heterocycles. The van der Waals surface area contributed by atoms with E-state index in [1.807, 2.05) is 67.6 Å². The number of ether oxygens (including phenoxy) is 1. The summed E-state index contributed by atoms with van der Waals surface area (Å²) in [5.41, 5.74) is 2.87. The molecule has 0 aliphatic carbocycles. The number of carbonyl (C=O) groups is 1. The van der Waals surface area contributed by atoms with Crippen molar-refractivity contribution < 1.29 is 13.9 Å². The number of furan rings is 1. The van der Waals surface area contributed by atoms with Gasteiger partial charge in [-0.1, -0.05) is 35.9 Å².